The summed E-state index contributed by atoms with van der Waals surface area (Å²) in [6, 6.07) is 8.20. The molecule has 0 aliphatic rings. The summed E-state index contributed by atoms with van der Waals surface area (Å²) in [5, 5.41) is 2.70. The molecule has 2 rings (SSSR count). The zero-order chi connectivity index (χ0) is 12.4. The highest BCUT2D eigenvalue weighted by atomic mass is 32.1. The number of thiazole rings is 1. The molecule has 4 heteroatoms. The van der Waals surface area contributed by atoms with Crippen LogP contribution in [0.3, 0.4) is 0 Å². The Morgan fingerprint density at radius 3 is 2.53 bits per heavy atom. The highest BCUT2D eigenvalue weighted by molar-refractivity contribution is 7.14. The number of rotatable bonds is 2. The Kier molecular flexibility index (Phi) is 3.24. The summed E-state index contributed by atoms with van der Waals surface area (Å²) in [5.41, 5.74) is 3.22. The fraction of sp³-hybridized carbons (Fsp3) is 0.231. The minimum atomic E-state index is -0.00481. The summed E-state index contributed by atoms with van der Waals surface area (Å²) in [7, 11) is 1.74. The Hall–Kier alpha value is -1.68. The van der Waals surface area contributed by atoms with E-state index in [1.165, 1.54) is 23.8 Å². The first-order valence-corrected chi connectivity index (χ1v) is 6.23. The van der Waals surface area contributed by atoms with Crippen molar-refractivity contribution in [1.29, 1.82) is 0 Å². The van der Waals surface area contributed by atoms with Gasteiger partial charge in [0.2, 0.25) is 5.91 Å². The van der Waals surface area contributed by atoms with E-state index in [1.54, 1.807) is 11.9 Å². The van der Waals surface area contributed by atoms with E-state index in [0.29, 0.717) is 0 Å². The van der Waals surface area contributed by atoms with Crippen LogP contribution >= 0.6 is 11.3 Å². The summed E-state index contributed by atoms with van der Waals surface area (Å²) in [6.45, 7) is 3.59. The van der Waals surface area contributed by atoms with Gasteiger partial charge in [0.1, 0.15) is 0 Å². The van der Waals surface area contributed by atoms with Gasteiger partial charge in [0.15, 0.2) is 5.13 Å². The average Bonchev–Trinajstić information content (AvgIpc) is 2.78. The molecule has 0 aliphatic heterocycles. The number of amides is 1. The lowest BCUT2D eigenvalue weighted by atomic mass is 10.1. The van der Waals surface area contributed by atoms with Crippen molar-refractivity contribution in [3.63, 3.8) is 0 Å². The third-order valence-electron chi connectivity index (χ3n) is 2.60. The van der Waals surface area contributed by atoms with Gasteiger partial charge in [-0.1, -0.05) is 29.8 Å². The SMILES string of the molecule is CC(=O)N(C)c1nc(-c2ccc(C)cc2)cs1. The molecule has 0 N–H and O–H groups in total. The van der Waals surface area contributed by atoms with Gasteiger partial charge in [-0.3, -0.25) is 9.69 Å². The maximum Gasteiger partial charge on any atom is 0.225 e. The second kappa shape index (κ2) is 4.67. The van der Waals surface area contributed by atoms with Crippen LogP contribution in [0.4, 0.5) is 5.13 Å². The maximum absolute atomic E-state index is 11.2. The summed E-state index contributed by atoms with van der Waals surface area (Å²) >= 11 is 1.48. The largest absolute Gasteiger partial charge is 0.291 e. The number of benzene rings is 1. The molecule has 0 bridgehead atoms. The lowest BCUT2D eigenvalue weighted by Crippen LogP contribution is -2.22. The first-order valence-electron chi connectivity index (χ1n) is 5.35. The zero-order valence-corrected chi connectivity index (χ0v) is 10.9. The summed E-state index contributed by atoms with van der Waals surface area (Å²) in [4.78, 5) is 17.2. The predicted octanol–water partition coefficient (Wildman–Crippen LogP) is 3.10. The second-order valence-electron chi connectivity index (χ2n) is 3.96. The third kappa shape index (κ3) is 2.53. The molecule has 1 aromatic heterocycles. The van der Waals surface area contributed by atoms with Gasteiger partial charge in [-0.05, 0) is 6.92 Å². The van der Waals surface area contributed by atoms with Crippen LogP contribution in [0.25, 0.3) is 11.3 Å². The number of anilines is 1. The van der Waals surface area contributed by atoms with Crippen LogP contribution in [-0.4, -0.2) is 17.9 Å². The van der Waals surface area contributed by atoms with Crippen molar-refractivity contribution in [2.24, 2.45) is 0 Å². The maximum atomic E-state index is 11.2. The molecule has 0 spiro atoms. The van der Waals surface area contributed by atoms with Crippen LogP contribution in [0.1, 0.15) is 12.5 Å². The smallest absolute Gasteiger partial charge is 0.225 e. The Morgan fingerprint density at radius 1 is 1.29 bits per heavy atom. The van der Waals surface area contributed by atoms with Crippen LogP contribution in [0.2, 0.25) is 0 Å². The van der Waals surface area contributed by atoms with E-state index in [9.17, 15) is 4.79 Å². The zero-order valence-electron chi connectivity index (χ0n) is 10.1. The molecule has 0 radical (unpaired) electrons. The lowest BCUT2D eigenvalue weighted by Gasteiger charge is -2.09. The summed E-state index contributed by atoms with van der Waals surface area (Å²) in [6.07, 6.45) is 0. The van der Waals surface area contributed by atoms with Crippen LogP contribution in [0.5, 0.6) is 0 Å². The van der Waals surface area contributed by atoms with E-state index in [1.807, 2.05) is 17.5 Å². The molecule has 3 nitrogen and oxygen atoms in total. The molecule has 0 unspecified atom stereocenters. The van der Waals surface area contributed by atoms with E-state index in [4.69, 9.17) is 0 Å². The van der Waals surface area contributed by atoms with E-state index in [-0.39, 0.29) is 5.91 Å². The van der Waals surface area contributed by atoms with Crippen LogP contribution in [-0.2, 0) is 4.79 Å². The molecule has 0 saturated heterocycles. The normalized spacial score (nSPS) is 10.3. The third-order valence-corrected chi connectivity index (χ3v) is 3.52. The van der Waals surface area contributed by atoms with E-state index >= 15 is 0 Å². The minimum absolute atomic E-state index is 0.00481. The second-order valence-corrected chi connectivity index (χ2v) is 4.80. The topological polar surface area (TPSA) is 33.2 Å². The van der Waals surface area contributed by atoms with Gasteiger partial charge in [-0.25, -0.2) is 4.98 Å². The standard InChI is InChI=1S/C13H14N2OS/c1-9-4-6-11(7-5-9)12-8-17-13(14-12)15(3)10(2)16/h4-8H,1-3H3. The van der Waals surface area contributed by atoms with Crippen molar-refractivity contribution in [1.82, 2.24) is 4.98 Å². The Labute approximate surface area is 105 Å². The number of nitrogens with zero attached hydrogens (tertiary/aromatic N) is 2. The molecule has 1 aromatic carbocycles. The van der Waals surface area contributed by atoms with Gasteiger partial charge < -0.3 is 0 Å². The number of carbonyl (C=O) groups is 1. The molecular formula is C13H14N2OS. The number of hydrogen-bond acceptors (Lipinski definition) is 3. The van der Waals surface area contributed by atoms with Crippen molar-refractivity contribution >= 4 is 22.4 Å². The van der Waals surface area contributed by atoms with Crippen molar-refractivity contribution < 1.29 is 4.79 Å². The van der Waals surface area contributed by atoms with Gasteiger partial charge >= 0.3 is 0 Å². The first kappa shape index (κ1) is 11.8. The molecule has 0 fully saturated rings. The number of aryl methyl sites for hydroxylation is 1. The van der Waals surface area contributed by atoms with Crippen LogP contribution in [0, 0.1) is 6.92 Å². The molecule has 0 atom stereocenters. The average molecular weight is 246 g/mol. The molecule has 88 valence electrons. The number of aromatic nitrogens is 1. The van der Waals surface area contributed by atoms with Crippen molar-refractivity contribution in [3.05, 3.63) is 35.2 Å². The van der Waals surface area contributed by atoms with Crippen molar-refractivity contribution in [3.8, 4) is 11.3 Å². The molecule has 1 heterocycles. The highest BCUT2D eigenvalue weighted by Crippen LogP contribution is 2.26. The molecular weight excluding hydrogens is 232 g/mol. The predicted molar refractivity (Wildman–Crippen MR) is 71.4 cm³/mol. The minimum Gasteiger partial charge on any atom is -0.291 e. The van der Waals surface area contributed by atoms with Crippen LogP contribution < -0.4 is 4.90 Å². The van der Waals surface area contributed by atoms with Crippen molar-refractivity contribution in [2.45, 2.75) is 13.8 Å². The molecule has 0 saturated carbocycles. The first-order chi connectivity index (χ1) is 8.08. The van der Waals surface area contributed by atoms with E-state index in [2.05, 4.69) is 24.0 Å². The highest BCUT2D eigenvalue weighted by Gasteiger charge is 2.11. The van der Waals surface area contributed by atoms with Gasteiger partial charge in [-0.15, -0.1) is 11.3 Å². The number of carbonyl (C=O) groups excluding carboxylic acids is 1. The van der Waals surface area contributed by atoms with Gasteiger partial charge in [0, 0.05) is 24.9 Å². The molecule has 2 aromatic rings. The van der Waals surface area contributed by atoms with Gasteiger partial charge in [-0.2, -0.15) is 0 Å². The monoisotopic (exact) mass is 246 g/mol. The fourth-order valence-corrected chi connectivity index (χ4v) is 2.25. The molecule has 0 aliphatic carbocycles. The fourth-order valence-electron chi connectivity index (χ4n) is 1.41. The van der Waals surface area contributed by atoms with Crippen molar-refractivity contribution in [2.75, 3.05) is 11.9 Å². The quantitative estimate of drug-likeness (QED) is 0.815. The van der Waals surface area contributed by atoms with Crippen LogP contribution in [0.15, 0.2) is 29.6 Å². The van der Waals surface area contributed by atoms with Gasteiger partial charge in [0.25, 0.3) is 0 Å². The summed E-state index contributed by atoms with van der Waals surface area (Å²) in [5.74, 6) is -0.00481. The Morgan fingerprint density at radius 2 is 1.94 bits per heavy atom. The van der Waals surface area contributed by atoms with Gasteiger partial charge in [0.05, 0.1) is 5.69 Å². The summed E-state index contributed by atoms with van der Waals surface area (Å²) < 4.78 is 0. The molecule has 17 heavy (non-hydrogen) atoms. The molecule has 1 amide bonds. The lowest BCUT2D eigenvalue weighted by molar-refractivity contribution is -0.116. The number of hydrogen-bond donors (Lipinski definition) is 0. The Balaban J connectivity index is 2.29. The Bertz CT molecular complexity index is 531. The van der Waals surface area contributed by atoms with E-state index < -0.39 is 0 Å². The van der Waals surface area contributed by atoms with E-state index in [0.717, 1.165) is 16.4 Å².